The number of hydrogen-bond acceptors (Lipinski definition) is 5. The van der Waals surface area contributed by atoms with E-state index in [1.807, 2.05) is 20.8 Å². The Morgan fingerprint density at radius 3 is 2.72 bits per heavy atom. The van der Waals surface area contributed by atoms with Crippen LogP contribution in [-0.2, 0) is 14.8 Å². The maximum Gasteiger partial charge on any atom is 0.410 e. The van der Waals surface area contributed by atoms with Gasteiger partial charge in [-0.2, -0.15) is 4.31 Å². The number of likely N-dealkylation sites (tertiary alicyclic amines) is 1. The van der Waals surface area contributed by atoms with Crippen molar-refractivity contribution in [3.8, 4) is 0 Å². The van der Waals surface area contributed by atoms with Gasteiger partial charge in [0.05, 0.1) is 16.0 Å². The number of benzene rings is 1. The number of amides is 1. The van der Waals surface area contributed by atoms with Crippen LogP contribution in [0.1, 0.15) is 27.2 Å². The summed E-state index contributed by atoms with van der Waals surface area (Å²) in [6.07, 6.45) is 3.43. The van der Waals surface area contributed by atoms with Gasteiger partial charge in [0.15, 0.2) is 0 Å². The van der Waals surface area contributed by atoms with E-state index in [0.29, 0.717) is 28.9 Å². The minimum Gasteiger partial charge on any atom is -0.444 e. The lowest BCUT2D eigenvalue weighted by atomic mass is 10.1. The molecule has 9 heteroatoms. The summed E-state index contributed by atoms with van der Waals surface area (Å²) in [4.78, 5) is 18.4. The Bertz CT molecular complexity index is 1060. The molecule has 3 heterocycles. The average Bonchev–Trinajstić information content (AvgIpc) is 3.21. The van der Waals surface area contributed by atoms with Crippen LogP contribution in [0.4, 0.5) is 4.79 Å². The van der Waals surface area contributed by atoms with Gasteiger partial charge in [0.1, 0.15) is 5.60 Å². The first-order valence-electron chi connectivity index (χ1n) is 9.60. The summed E-state index contributed by atoms with van der Waals surface area (Å²) < 4.78 is 33.9. The minimum atomic E-state index is -3.77. The third-order valence-corrected chi connectivity index (χ3v) is 7.62. The Labute approximate surface area is 175 Å². The van der Waals surface area contributed by atoms with E-state index in [1.165, 1.54) is 10.5 Å². The first-order valence-corrected chi connectivity index (χ1v) is 11.4. The van der Waals surface area contributed by atoms with Crippen molar-refractivity contribution in [3.05, 3.63) is 35.6 Å². The van der Waals surface area contributed by atoms with Crippen molar-refractivity contribution in [2.75, 3.05) is 19.6 Å². The van der Waals surface area contributed by atoms with Crippen molar-refractivity contribution < 1.29 is 17.9 Å². The van der Waals surface area contributed by atoms with E-state index in [4.69, 9.17) is 16.3 Å². The first kappa shape index (κ1) is 20.4. The summed E-state index contributed by atoms with van der Waals surface area (Å²) in [7, 11) is -3.77. The number of hydrogen-bond donors (Lipinski definition) is 0. The average molecular weight is 438 g/mol. The topological polar surface area (TPSA) is 79.8 Å². The van der Waals surface area contributed by atoms with Crippen LogP contribution < -0.4 is 0 Å². The molecule has 4 rings (SSSR count). The number of fused-ring (bicyclic) bond motifs is 2. The molecule has 0 aliphatic carbocycles. The van der Waals surface area contributed by atoms with Crippen LogP contribution in [0.15, 0.2) is 35.5 Å². The molecular formula is C20H24ClN3O4S. The molecule has 0 radical (unpaired) electrons. The maximum atomic E-state index is 13.4. The van der Waals surface area contributed by atoms with E-state index in [2.05, 4.69) is 4.98 Å². The second-order valence-corrected chi connectivity index (χ2v) is 10.9. The summed E-state index contributed by atoms with van der Waals surface area (Å²) >= 11 is 6.28. The normalized spacial score (nSPS) is 22.8. The Morgan fingerprint density at radius 2 is 2.00 bits per heavy atom. The summed E-state index contributed by atoms with van der Waals surface area (Å²) in [6, 6.07) is 4.88. The standard InChI is InChI=1S/C20H24ClN3O4S/c1-20(2,3)28-19(25)24-8-7-14-11-23(12-16(14)24)29(26,27)17-6-4-5-13-9-22-10-15(21)18(13)17/h4-6,9-10,14,16H,7-8,11-12H2,1-3H3/t14-,16+/m0/s1. The van der Waals surface area contributed by atoms with Crippen molar-refractivity contribution in [2.24, 2.45) is 5.92 Å². The van der Waals surface area contributed by atoms with Crippen LogP contribution in [0, 0.1) is 5.92 Å². The van der Waals surface area contributed by atoms with Gasteiger partial charge < -0.3 is 9.64 Å². The number of rotatable bonds is 2. The third-order valence-electron chi connectivity index (χ3n) is 5.46. The molecule has 156 valence electrons. The number of aromatic nitrogens is 1. The van der Waals surface area contributed by atoms with E-state index in [-0.39, 0.29) is 29.5 Å². The molecular weight excluding hydrogens is 414 g/mol. The third kappa shape index (κ3) is 3.69. The van der Waals surface area contributed by atoms with Crippen molar-refractivity contribution in [1.29, 1.82) is 0 Å². The summed E-state index contributed by atoms with van der Waals surface area (Å²) in [5.41, 5.74) is -0.590. The fourth-order valence-electron chi connectivity index (χ4n) is 4.18. The Morgan fingerprint density at radius 1 is 1.24 bits per heavy atom. The second kappa shape index (κ2) is 7.11. The lowest BCUT2D eigenvalue weighted by Crippen LogP contribution is -2.43. The minimum absolute atomic E-state index is 0.101. The van der Waals surface area contributed by atoms with E-state index in [1.54, 1.807) is 29.3 Å². The highest BCUT2D eigenvalue weighted by Crippen LogP contribution is 2.37. The monoisotopic (exact) mass is 437 g/mol. The van der Waals surface area contributed by atoms with Crippen molar-refractivity contribution in [1.82, 2.24) is 14.2 Å². The highest BCUT2D eigenvalue weighted by Gasteiger charge is 2.48. The molecule has 2 fully saturated rings. The smallest absolute Gasteiger partial charge is 0.410 e. The zero-order chi connectivity index (χ0) is 21.0. The largest absolute Gasteiger partial charge is 0.444 e. The number of carbonyl (C=O) groups excluding carboxylic acids is 1. The molecule has 1 aromatic heterocycles. The summed E-state index contributed by atoms with van der Waals surface area (Å²) in [6.45, 7) is 6.69. The highest BCUT2D eigenvalue weighted by molar-refractivity contribution is 7.89. The van der Waals surface area contributed by atoms with Gasteiger partial charge in [0.2, 0.25) is 10.0 Å². The second-order valence-electron chi connectivity index (χ2n) is 8.59. The van der Waals surface area contributed by atoms with Crippen LogP contribution in [-0.4, -0.2) is 60.0 Å². The Hall–Kier alpha value is -1.90. The quantitative estimate of drug-likeness (QED) is 0.718. The van der Waals surface area contributed by atoms with Gasteiger partial charge in [-0.05, 0) is 39.2 Å². The lowest BCUT2D eigenvalue weighted by Gasteiger charge is -2.28. The van der Waals surface area contributed by atoms with E-state index in [9.17, 15) is 13.2 Å². The predicted molar refractivity (Wildman–Crippen MR) is 110 cm³/mol. The van der Waals surface area contributed by atoms with Crippen LogP contribution in [0.5, 0.6) is 0 Å². The number of pyridine rings is 1. The molecule has 7 nitrogen and oxygen atoms in total. The van der Waals surface area contributed by atoms with E-state index in [0.717, 1.165) is 6.42 Å². The molecule has 2 aliphatic heterocycles. The predicted octanol–water partition coefficient (Wildman–Crippen LogP) is 3.52. The van der Waals surface area contributed by atoms with Gasteiger partial charge in [-0.1, -0.05) is 23.7 Å². The van der Waals surface area contributed by atoms with Gasteiger partial charge in [0.25, 0.3) is 0 Å². The van der Waals surface area contributed by atoms with Crippen LogP contribution in [0.25, 0.3) is 10.8 Å². The molecule has 2 aliphatic rings. The summed E-state index contributed by atoms with van der Waals surface area (Å²) in [5.74, 6) is 0.101. The Kier molecular flexibility index (Phi) is 4.99. The molecule has 0 unspecified atom stereocenters. The highest BCUT2D eigenvalue weighted by atomic mass is 35.5. The van der Waals surface area contributed by atoms with Crippen molar-refractivity contribution in [3.63, 3.8) is 0 Å². The number of nitrogens with zero attached hydrogens (tertiary/aromatic N) is 3. The van der Waals surface area contributed by atoms with Crippen molar-refractivity contribution >= 4 is 38.5 Å². The Balaban J connectivity index is 1.62. The zero-order valence-corrected chi connectivity index (χ0v) is 18.2. The maximum absolute atomic E-state index is 13.4. The molecule has 1 amide bonds. The van der Waals surface area contributed by atoms with Crippen LogP contribution >= 0.6 is 11.6 Å². The first-order chi connectivity index (χ1) is 13.6. The van der Waals surface area contributed by atoms with Gasteiger partial charge in [-0.3, -0.25) is 4.98 Å². The van der Waals surface area contributed by atoms with Gasteiger partial charge in [0, 0.05) is 42.8 Å². The van der Waals surface area contributed by atoms with E-state index < -0.39 is 15.6 Å². The molecule has 2 atom stereocenters. The molecule has 1 aromatic carbocycles. The van der Waals surface area contributed by atoms with E-state index >= 15 is 0 Å². The van der Waals surface area contributed by atoms with Gasteiger partial charge in [-0.15, -0.1) is 0 Å². The summed E-state index contributed by atoms with van der Waals surface area (Å²) in [5, 5.41) is 1.45. The van der Waals surface area contributed by atoms with Gasteiger partial charge >= 0.3 is 6.09 Å². The zero-order valence-electron chi connectivity index (χ0n) is 16.6. The van der Waals surface area contributed by atoms with Crippen LogP contribution in [0.3, 0.4) is 0 Å². The molecule has 29 heavy (non-hydrogen) atoms. The molecule has 0 bridgehead atoms. The van der Waals surface area contributed by atoms with Crippen molar-refractivity contribution in [2.45, 2.75) is 43.7 Å². The molecule has 0 N–H and O–H groups in total. The molecule has 0 spiro atoms. The molecule has 2 aromatic rings. The fraction of sp³-hybridized carbons (Fsp3) is 0.500. The van der Waals surface area contributed by atoms with Crippen LogP contribution in [0.2, 0.25) is 5.02 Å². The number of carbonyl (C=O) groups is 1. The molecule has 0 saturated carbocycles. The molecule has 2 saturated heterocycles. The number of halogens is 1. The fourth-order valence-corrected chi connectivity index (χ4v) is 6.25. The lowest BCUT2D eigenvalue weighted by molar-refractivity contribution is 0.0223. The van der Waals surface area contributed by atoms with Gasteiger partial charge in [-0.25, -0.2) is 13.2 Å². The number of sulfonamides is 1. The number of ether oxygens (including phenoxy) is 1. The SMILES string of the molecule is CC(C)(C)OC(=O)N1CC[C@H]2CN(S(=O)(=O)c3cccc4cncc(Cl)c34)C[C@H]21.